The van der Waals surface area contributed by atoms with Crippen molar-refractivity contribution in [2.24, 2.45) is 0 Å². The van der Waals surface area contributed by atoms with Gasteiger partial charge in [-0.05, 0) is 38.1 Å². The predicted octanol–water partition coefficient (Wildman–Crippen LogP) is 3.03. The maximum atomic E-state index is 11.9. The van der Waals surface area contributed by atoms with Crippen molar-refractivity contribution in [2.75, 3.05) is 31.5 Å². The number of thiazole rings is 1. The molecule has 2 aromatic rings. The molecule has 116 valence electrons. The Hall–Kier alpha value is -1.92. The second-order valence-corrected chi connectivity index (χ2v) is 6.10. The molecule has 0 bridgehead atoms. The summed E-state index contributed by atoms with van der Waals surface area (Å²) in [5.74, 6) is 0. The molecule has 0 unspecified atom stereocenters. The number of hydrogen-bond donors (Lipinski definition) is 2. The molecule has 6 heteroatoms. The van der Waals surface area contributed by atoms with Crippen LogP contribution in [-0.4, -0.2) is 42.1 Å². The summed E-state index contributed by atoms with van der Waals surface area (Å²) >= 11 is 1.56. The highest BCUT2D eigenvalue weighted by atomic mass is 32.1. The van der Waals surface area contributed by atoms with E-state index in [2.05, 4.69) is 20.5 Å². The fourth-order valence-electron chi connectivity index (χ4n) is 2.62. The Morgan fingerprint density at radius 3 is 2.95 bits per heavy atom. The first-order valence-electron chi connectivity index (χ1n) is 7.57. The predicted molar refractivity (Wildman–Crippen MR) is 90.2 cm³/mol. The highest BCUT2D eigenvalue weighted by Gasteiger charge is 2.11. The van der Waals surface area contributed by atoms with Crippen LogP contribution in [0.25, 0.3) is 11.3 Å². The minimum Gasteiger partial charge on any atom is -0.337 e. The number of carbonyl (C=O) groups excluding carboxylic acids is 1. The Morgan fingerprint density at radius 2 is 2.18 bits per heavy atom. The van der Waals surface area contributed by atoms with Crippen LogP contribution in [-0.2, 0) is 0 Å². The molecule has 1 fully saturated rings. The normalized spacial score (nSPS) is 14.9. The maximum absolute atomic E-state index is 11.9. The van der Waals surface area contributed by atoms with Crippen LogP contribution in [0.4, 0.5) is 10.5 Å². The second kappa shape index (κ2) is 7.38. The van der Waals surface area contributed by atoms with E-state index in [-0.39, 0.29) is 6.03 Å². The first-order valence-corrected chi connectivity index (χ1v) is 8.51. The molecule has 2 amide bonds. The SMILES string of the molecule is O=C(NCCN1CCCC1)Nc1cccc(-c2cscn2)c1. The van der Waals surface area contributed by atoms with Crippen LogP contribution in [0.2, 0.25) is 0 Å². The third-order valence-electron chi connectivity index (χ3n) is 3.76. The molecule has 1 aliphatic heterocycles. The number of benzene rings is 1. The summed E-state index contributed by atoms with van der Waals surface area (Å²) in [6.07, 6.45) is 2.55. The van der Waals surface area contributed by atoms with Crippen LogP contribution in [0.15, 0.2) is 35.2 Å². The fourth-order valence-corrected chi connectivity index (χ4v) is 3.18. The van der Waals surface area contributed by atoms with E-state index < -0.39 is 0 Å². The summed E-state index contributed by atoms with van der Waals surface area (Å²) in [5.41, 5.74) is 4.53. The van der Waals surface area contributed by atoms with Gasteiger partial charge in [0, 0.05) is 29.7 Å². The monoisotopic (exact) mass is 316 g/mol. The van der Waals surface area contributed by atoms with Crippen molar-refractivity contribution >= 4 is 23.1 Å². The Bertz CT molecular complexity index is 608. The standard InChI is InChI=1S/C16H20N4OS/c21-16(17-6-9-20-7-1-2-8-20)19-14-5-3-4-13(10-14)15-11-22-12-18-15/h3-5,10-12H,1-2,6-9H2,(H2,17,19,21). The summed E-state index contributed by atoms with van der Waals surface area (Å²) < 4.78 is 0. The van der Waals surface area contributed by atoms with Crippen molar-refractivity contribution in [3.05, 3.63) is 35.2 Å². The second-order valence-electron chi connectivity index (χ2n) is 5.38. The number of urea groups is 1. The minimum atomic E-state index is -0.158. The van der Waals surface area contributed by atoms with Gasteiger partial charge in [-0.1, -0.05) is 12.1 Å². The van der Waals surface area contributed by atoms with E-state index in [4.69, 9.17) is 0 Å². The van der Waals surface area contributed by atoms with Gasteiger partial charge in [0.15, 0.2) is 0 Å². The summed E-state index contributed by atoms with van der Waals surface area (Å²) in [5, 5.41) is 7.78. The lowest BCUT2D eigenvalue weighted by Crippen LogP contribution is -2.35. The lowest BCUT2D eigenvalue weighted by Gasteiger charge is -2.15. The number of nitrogens with zero attached hydrogens (tertiary/aromatic N) is 2. The summed E-state index contributed by atoms with van der Waals surface area (Å²) in [4.78, 5) is 18.6. The Morgan fingerprint density at radius 1 is 1.32 bits per heavy atom. The molecular weight excluding hydrogens is 296 g/mol. The lowest BCUT2D eigenvalue weighted by atomic mass is 10.1. The molecule has 1 saturated heterocycles. The van der Waals surface area contributed by atoms with Crippen molar-refractivity contribution < 1.29 is 4.79 Å². The fraction of sp³-hybridized carbons (Fsp3) is 0.375. The van der Waals surface area contributed by atoms with Crippen LogP contribution < -0.4 is 10.6 Å². The number of hydrogen-bond acceptors (Lipinski definition) is 4. The largest absolute Gasteiger partial charge is 0.337 e. The molecule has 0 radical (unpaired) electrons. The number of carbonyl (C=O) groups is 1. The van der Waals surface area contributed by atoms with E-state index in [0.29, 0.717) is 6.54 Å². The van der Waals surface area contributed by atoms with E-state index in [1.807, 2.05) is 29.6 Å². The van der Waals surface area contributed by atoms with Gasteiger partial charge in [0.1, 0.15) is 0 Å². The lowest BCUT2D eigenvalue weighted by molar-refractivity contribution is 0.249. The molecule has 2 N–H and O–H groups in total. The first kappa shape index (κ1) is 15.0. The first-order chi connectivity index (χ1) is 10.8. The molecule has 0 aliphatic carbocycles. The van der Waals surface area contributed by atoms with Crippen molar-refractivity contribution in [3.8, 4) is 11.3 Å². The molecule has 1 aromatic carbocycles. The maximum Gasteiger partial charge on any atom is 0.319 e. The highest BCUT2D eigenvalue weighted by molar-refractivity contribution is 7.07. The number of rotatable bonds is 5. The van der Waals surface area contributed by atoms with E-state index in [1.165, 1.54) is 12.8 Å². The van der Waals surface area contributed by atoms with Crippen LogP contribution in [0.5, 0.6) is 0 Å². The third kappa shape index (κ3) is 4.05. The molecule has 5 nitrogen and oxygen atoms in total. The molecule has 0 atom stereocenters. The van der Waals surface area contributed by atoms with Crippen molar-refractivity contribution in [1.29, 1.82) is 0 Å². The number of anilines is 1. The molecule has 22 heavy (non-hydrogen) atoms. The van der Waals surface area contributed by atoms with Gasteiger partial charge in [-0.3, -0.25) is 0 Å². The zero-order valence-electron chi connectivity index (χ0n) is 12.4. The van der Waals surface area contributed by atoms with Gasteiger partial charge < -0.3 is 15.5 Å². The number of aromatic nitrogens is 1. The number of amides is 2. The summed E-state index contributed by atoms with van der Waals surface area (Å²) in [6.45, 7) is 3.90. The number of likely N-dealkylation sites (tertiary alicyclic amines) is 1. The van der Waals surface area contributed by atoms with Gasteiger partial charge in [0.2, 0.25) is 0 Å². The van der Waals surface area contributed by atoms with Crippen LogP contribution in [0.1, 0.15) is 12.8 Å². The zero-order chi connectivity index (χ0) is 15.2. The van der Waals surface area contributed by atoms with Crippen LogP contribution in [0, 0.1) is 0 Å². The van der Waals surface area contributed by atoms with E-state index >= 15 is 0 Å². The van der Waals surface area contributed by atoms with E-state index in [0.717, 1.165) is 36.6 Å². The van der Waals surface area contributed by atoms with Gasteiger partial charge in [-0.25, -0.2) is 9.78 Å². The van der Waals surface area contributed by atoms with Gasteiger partial charge in [-0.2, -0.15) is 0 Å². The molecule has 0 spiro atoms. The molecule has 3 rings (SSSR count). The molecule has 2 heterocycles. The average Bonchev–Trinajstić information content (AvgIpc) is 3.21. The quantitative estimate of drug-likeness (QED) is 0.891. The molecule has 1 aromatic heterocycles. The van der Waals surface area contributed by atoms with Gasteiger partial charge in [-0.15, -0.1) is 11.3 Å². The number of nitrogens with one attached hydrogen (secondary N) is 2. The van der Waals surface area contributed by atoms with Crippen molar-refractivity contribution in [1.82, 2.24) is 15.2 Å². The summed E-state index contributed by atoms with van der Waals surface area (Å²) in [6, 6.07) is 7.58. The Balaban J connectivity index is 1.49. The van der Waals surface area contributed by atoms with E-state index in [9.17, 15) is 4.79 Å². The highest BCUT2D eigenvalue weighted by Crippen LogP contribution is 2.22. The van der Waals surface area contributed by atoms with Gasteiger partial charge in [0.25, 0.3) is 0 Å². The molecule has 0 saturated carbocycles. The smallest absolute Gasteiger partial charge is 0.319 e. The van der Waals surface area contributed by atoms with Crippen LogP contribution >= 0.6 is 11.3 Å². The van der Waals surface area contributed by atoms with Crippen molar-refractivity contribution in [3.63, 3.8) is 0 Å². The zero-order valence-corrected chi connectivity index (χ0v) is 13.2. The summed E-state index contributed by atoms with van der Waals surface area (Å²) in [7, 11) is 0. The van der Waals surface area contributed by atoms with E-state index in [1.54, 1.807) is 16.8 Å². The molecular formula is C16H20N4OS. The minimum absolute atomic E-state index is 0.158. The Labute approximate surface area is 134 Å². The molecule has 1 aliphatic rings. The Kier molecular flexibility index (Phi) is 5.03. The third-order valence-corrected chi connectivity index (χ3v) is 4.35. The van der Waals surface area contributed by atoms with Crippen LogP contribution in [0.3, 0.4) is 0 Å². The topological polar surface area (TPSA) is 57.3 Å². The van der Waals surface area contributed by atoms with Crippen molar-refractivity contribution in [2.45, 2.75) is 12.8 Å². The van der Waals surface area contributed by atoms with Gasteiger partial charge >= 0.3 is 6.03 Å². The average molecular weight is 316 g/mol. The van der Waals surface area contributed by atoms with Gasteiger partial charge in [0.05, 0.1) is 11.2 Å².